The molecule has 0 saturated heterocycles. The van der Waals surface area contributed by atoms with Crippen LogP contribution in [-0.2, 0) is 19.0 Å². The summed E-state index contributed by atoms with van der Waals surface area (Å²) >= 11 is 0. The van der Waals surface area contributed by atoms with Crippen molar-refractivity contribution >= 4 is 0 Å². The number of hydrogen-bond donors (Lipinski definition) is 0. The normalized spacial score (nSPS) is 11.7. The minimum atomic E-state index is -0.327. The Morgan fingerprint density at radius 1 is 1.57 bits per heavy atom. The highest BCUT2D eigenvalue weighted by atomic mass is 16.6. The predicted octanol–water partition coefficient (Wildman–Crippen LogP) is 1.49. The number of rotatable bonds is 2. The van der Waals surface area contributed by atoms with Crippen molar-refractivity contribution in [2.75, 3.05) is 0 Å². The van der Waals surface area contributed by atoms with Crippen molar-refractivity contribution in [3.63, 3.8) is 0 Å². The number of nitrogens with zero attached hydrogens (tertiary/aromatic N) is 3. The Labute approximate surface area is 82.9 Å². The molecule has 78 valence electrons. The van der Waals surface area contributed by atoms with E-state index >= 15 is 0 Å². The van der Waals surface area contributed by atoms with Gasteiger partial charge >= 0.3 is 0 Å². The van der Waals surface area contributed by atoms with Gasteiger partial charge in [0, 0.05) is 23.6 Å². The van der Waals surface area contributed by atoms with Crippen LogP contribution in [0.4, 0.5) is 0 Å². The third-order valence-electron chi connectivity index (χ3n) is 1.91. The molecule has 0 aliphatic heterocycles. The Morgan fingerprint density at radius 3 is 2.57 bits per heavy atom. The van der Waals surface area contributed by atoms with Gasteiger partial charge in [0.2, 0.25) is 6.54 Å². The zero-order valence-electron chi connectivity index (χ0n) is 8.94. The molecule has 0 aliphatic rings. The van der Waals surface area contributed by atoms with Gasteiger partial charge in [0.25, 0.3) is 0 Å². The van der Waals surface area contributed by atoms with Crippen molar-refractivity contribution in [3.05, 3.63) is 27.6 Å². The van der Waals surface area contributed by atoms with Gasteiger partial charge in [0.05, 0.1) is 11.3 Å². The summed E-state index contributed by atoms with van der Waals surface area (Å²) in [4.78, 5) is 10.1. The molecule has 1 aromatic heterocycles. The second kappa shape index (κ2) is 3.40. The topological polar surface area (TPSA) is 61.0 Å². The third kappa shape index (κ3) is 2.31. The maximum atomic E-state index is 10.4. The Balaban J connectivity index is 3.09. The van der Waals surface area contributed by atoms with Gasteiger partial charge in [-0.25, -0.2) is 0 Å². The second-order valence-electron chi connectivity index (χ2n) is 4.42. The average Bonchev–Trinajstić information content (AvgIpc) is 2.28. The van der Waals surface area contributed by atoms with Gasteiger partial charge in [-0.05, 0) is 0 Å². The standard InChI is InChI=1S/C9H15N3O2/c1-9(2,3)8-7(6-12(13)14)5-11(4)10-8/h5H,6H2,1-4H3. The molecule has 0 fully saturated rings. The summed E-state index contributed by atoms with van der Waals surface area (Å²) in [5.74, 6) is 0. The second-order valence-corrected chi connectivity index (χ2v) is 4.42. The summed E-state index contributed by atoms with van der Waals surface area (Å²) in [5.41, 5.74) is 1.36. The van der Waals surface area contributed by atoms with E-state index in [4.69, 9.17) is 0 Å². The molecule has 0 atom stereocenters. The van der Waals surface area contributed by atoms with Crippen molar-refractivity contribution in [1.82, 2.24) is 9.78 Å². The van der Waals surface area contributed by atoms with E-state index in [2.05, 4.69) is 5.10 Å². The molecule has 0 aromatic carbocycles. The van der Waals surface area contributed by atoms with E-state index < -0.39 is 0 Å². The van der Waals surface area contributed by atoms with Crippen LogP contribution in [0.3, 0.4) is 0 Å². The molecule has 0 spiro atoms. The predicted molar refractivity (Wildman–Crippen MR) is 52.6 cm³/mol. The van der Waals surface area contributed by atoms with Crippen LogP contribution in [0.1, 0.15) is 32.0 Å². The van der Waals surface area contributed by atoms with E-state index in [1.165, 1.54) is 0 Å². The van der Waals surface area contributed by atoms with Crippen LogP contribution in [0.15, 0.2) is 6.20 Å². The number of aryl methyl sites for hydroxylation is 1. The van der Waals surface area contributed by atoms with Crippen LogP contribution in [0, 0.1) is 10.1 Å². The zero-order chi connectivity index (χ0) is 10.9. The Bertz CT molecular complexity index is 349. The lowest BCUT2D eigenvalue weighted by molar-refractivity contribution is -0.497. The van der Waals surface area contributed by atoms with Gasteiger partial charge in [-0.3, -0.25) is 14.8 Å². The van der Waals surface area contributed by atoms with Gasteiger partial charge in [0.15, 0.2) is 0 Å². The van der Waals surface area contributed by atoms with E-state index in [0.717, 1.165) is 5.69 Å². The summed E-state index contributed by atoms with van der Waals surface area (Å²) in [6, 6.07) is 0. The van der Waals surface area contributed by atoms with Gasteiger partial charge in [-0.15, -0.1) is 0 Å². The van der Waals surface area contributed by atoms with Gasteiger partial charge < -0.3 is 0 Å². The molecule has 0 bridgehead atoms. The first-order valence-electron chi connectivity index (χ1n) is 4.45. The fourth-order valence-corrected chi connectivity index (χ4v) is 1.42. The maximum Gasteiger partial charge on any atom is 0.232 e. The molecule has 1 heterocycles. The highest BCUT2D eigenvalue weighted by Crippen LogP contribution is 2.24. The number of aromatic nitrogens is 2. The first-order valence-corrected chi connectivity index (χ1v) is 4.45. The quantitative estimate of drug-likeness (QED) is 0.533. The van der Waals surface area contributed by atoms with E-state index in [-0.39, 0.29) is 16.9 Å². The first-order chi connectivity index (χ1) is 6.30. The van der Waals surface area contributed by atoms with E-state index in [9.17, 15) is 10.1 Å². The van der Waals surface area contributed by atoms with Crippen LogP contribution in [0.25, 0.3) is 0 Å². The molecule has 1 rings (SSSR count). The zero-order valence-corrected chi connectivity index (χ0v) is 8.94. The molecule has 1 aromatic rings. The van der Waals surface area contributed by atoms with E-state index in [1.54, 1.807) is 17.9 Å². The van der Waals surface area contributed by atoms with E-state index in [0.29, 0.717) is 5.56 Å². The first kappa shape index (κ1) is 10.7. The minimum absolute atomic E-state index is 0.146. The molecule has 0 N–H and O–H groups in total. The summed E-state index contributed by atoms with van der Waals surface area (Å²) < 4.78 is 1.62. The third-order valence-corrected chi connectivity index (χ3v) is 1.91. The number of nitro groups is 1. The molecule has 0 saturated carbocycles. The smallest absolute Gasteiger partial charge is 0.232 e. The molecule has 0 unspecified atom stereocenters. The minimum Gasteiger partial charge on any atom is -0.275 e. The highest BCUT2D eigenvalue weighted by Gasteiger charge is 2.23. The molecule has 0 aliphatic carbocycles. The largest absolute Gasteiger partial charge is 0.275 e. The lowest BCUT2D eigenvalue weighted by atomic mass is 9.90. The van der Waals surface area contributed by atoms with Crippen LogP contribution >= 0.6 is 0 Å². The molecule has 14 heavy (non-hydrogen) atoms. The van der Waals surface area contributed by atoms with Crippen LogP contribution < -0.4 is 0 Å². The molecule has 0 radical (unpaired) electrons. The maximum absolute atomic E-state index is 10.4. The van der Waals surface area contributed by atoms with Gasteiger partial charge in [0.1, 0.15) is 0 Å². The molecule has 5 heteroatoms. The Kier molecular flexibility index (Phi) is 2.59. The summed E-state index contributed by atoms with van der Waals surface area (Å²) in [6.07, 6.45) is 1.71. The average molecular weight is 197 g/mol. The fourth-order valence-electron chi connectivity index (χ4n) is 1.42. The summed E-state index contributed by atoms with van der Waals surface area (Å²) in [6.45, 7) is 5.84. The highest BCUT2D eigenvalue weighted by molar-refractivity contribution is 5.23. The fraction of sp³-hybridized carbons (Fsp3) is 0.667. The Morgan fingerprint density at radius 2 is 2.14 bits per heavy atom. The van der Waals surface area contributed by atoms with Crippen molar-refractivity contribution in [2.24, 2.45) is 7.05 Å². The van der Waals surface area contributed by atoms with Gasteiger partial charge in [-0.1, -0.05) is 20.8 Å². The van der Waals surface area contributed by atoms with E-state index in [1.807, 2.05) is 20.8 Å². The molecular weight excluding hydrogens is 182 g/mol. The summed E-state index contributed by atoms with van der Waals surface area (Å²) in [5, 5.41) is 14.7. The number of hydrogen-bond acceptors (Lipinski definition) is 3. The van der Waals surface area contributed by atoms with Crippen molar-refractivity contribution in [2.45, 2.75) is 32.7 Å². The van der Waals surface area contributed by atoms with Crippen molar-refractivity contribution < 1.29 is 4.92 Å². The van der Waals surface area contributed by atoms with Crippen LogP contribution in [0.5, 0.6) is 0 Å². The monoisotopic (exact) mass is 197 g/mol. The lowest BCUT2D eigenvalue weighted by Gasteiger charge is -2.15. The van der Waals surface area contributed by atoms with Crippen LogP contribution in [-0.4, -0.2) is 14.7 Å². The SMILES string of the molecule is Cn1cc(C[N+](=O)[O-])c(C(C)(C)C)n1. The van der Waals surface area contributed by atoms with Gasteiger partial charge in [-0.2, -0.15) is 5.10 Å². The van der Waals surface area contributed by atoms with Crippen molar-refractivity contribution in [1.29, 1.82) is 0 Å². The lowest BCUT2D eigenvalue weighted by Crippen LogP contribution is -2.16. The molecular formula is C9H15N3O2. The van der Waals surface area contributed by atoms with Crippen LogP contribution in [0.2, 0.25) is 0 Å². The molecule has 0 amide bonds. The summed E-state index contributed by atoms with van der Waals surface area (Å²) in [7, 11) is 1.78. The Hall–Kier alpha value is -1.39. The molecule has 5 nitrogen and oxygen atoms in total. The van der Waals surface area contributed by atoms with Crippen molar-refractivity contribution in [3.8, 4) is 0 Å².